The van der Waals surface area contributed by atoms with E-state index in [1.54, 1.807) is 0 Å². The van der Waals surface area contributed by atoms with Crippen LogP contribution in [0.2, 0.25) is 0 Å². The molecule has 0 bridgehead atoms. The number of benzene rings is 1. The molecule has 0 aromatic heterocycles. The number of nitrogens with one attached hydrogen (secondary N) is 1. The molecule has 3 heteroatoms. The first-order valence-electron chi connectivity index (χ1n) is 6.49. The van der Waals surface area contributed by atoms with Crippen LogP contribution in [0.1, 0.15) is 31.7 Å². The van der Waals surface area contributed by atoms with Crippen LogP contribution < -0.4 is 5.32 Å². The van der Waals surface area contributed by atoms with Gasteiger partial charge < -0.3 is 10.1 Å². The van der Waals surface area contributed by atoms with Crippen molar-refractivity contribution in [3.05, 3.63) is 29.8 Å². The van der Waals surface area contributed by atoms with Crippen molar-refractivity contribution in [1.29, 1.82) is 0 Å². The third-order valence-electron chi connectivity index (χ3n) is 3.77. The molecule has 0 amide bonds. The van der Waals surface area contributed by atoms with E-state index in [1.807, 2.05) is 24.3 Å². The summed E-state index contributed by atoms with van der Waals surface area (Å²) in [6, 6.07) is 8.13. The van der Waals surface area contributed by atoms with Crippen LogP contribution in [0.4, 0.5) is 5.69 Å². The van der Waals surface area contributed by atoms with E-state index in [0.717, 1.165) is 24.9 Å². The Morgan fingerprint density at radius 3 is 2.56 bits per heavy atom. The number of rotatable bonds is 3. The van der Waals surface area contributed by atoms with Crippen molar-refractivity contribution < 1.29 is 9.53 Å². The molecule has 3 nitrogen and oxygen atoms in total. The second kappa shape index (κ2) is 5.01. The van der Waals surface area contributed by atoms with Gasteiger partial charge in [0.1, 0.15) is 5.54 Å². The monoisotopic (exact) mass is 247 g/mol. The lowest BCUT2D eigenvalue weighted by Crippen LogP contribution is -2.45. The summed E-state index contributed by atoms with van der Waals surface area (Å²) in [5, 5.41) is 3.39. The minimum atomic E-state index is -0.538. The Morgan fingerprint density at radius 1 is 1.39 bits per heavy atom. The molecule has 1 N–H and O–H groups in total. The summed E-state index contributed by atoms with van der Waals surface area (Å²) in [6.45, 7) is 4.24. The van der Waals surface area contributed by atoms with Crippen LogP contribution in [0, 0.1) is 12.8 Å². The first-order valence-corrected chi connectivity index (χ1v) is 6.49. The van der Waals surface area contributed by atoms with E-state index in [9.17, 15) is 4.79 Å². The quantitative estimate of drug-likeness (QED) is 0.834. The molecule has 2 rings (SSSR count). The molecule has 0 aliphatic heterocycles. The lowest BCUT2D eigenvalue weighted by molar-refractivity contribution is -0.145. The lowest BCUT2D eigenvalue weighted by atomic mass is 9.95. The van der Waals surface area contributed by atoms with E-state index in [1.165, 1.54) is 12.7 Å². The van der Waals surface area contributed by atoms with Gasteiger partial charge in [-0.3, -0.25) is 0 Å². The first kappa shape index (κ1) is 12.9. The Bertz CT molecular complexity index is 427. The smallest absolute Gasteiger partial charge is 0.331 e. The fourth-order valence-electron chi connectivity index (χ4n) is 2.75. The standard InChI is InChI=1S/C15H21NO2/c1-11-4-6-13(7-5-11)16-15(14(17)18-3)9-8-12(2)10-15/h4-7,12,16H,8-10H2,1-3H3. The Kier molecular flexibility index (Phi) is 3.60. The van der Waals surface area contributed by atoms with Crippen molar-refractivity contribution in [2.75, 3.05) is 12.4 Å². The summed E-state index contributed by atoms with van der Waals surface area (Å²) in [6.07, 6.45) is 2.75. The fourth-order valence-corrected chi connectivity index (χ4v) is 2.75. The molecule has 0 heterocycles. The summed E-state index contributed by atoms with van der Waals surface area (Å²) < 4.78 is 4.98. The minimum absolute atomic E-state index is 0.146. The number of carbonyl (C=O) groups is 1. The van der Waals surface area contributed by atoms with Gasteiger partial charge in [0.25, 0.3) is 0 Å². The van der Waals surface area contributed by atoms with Crippen LogP contribution in [0.15, 0.2) is 24.3 Å². The summed E-state index contributed by atoms with van der Waals surface area (Å²) in [5.41, 5.74) is 1.66. The largest absolute Gasteiger partial charge is 0.467 e. The molecule has 18 heavy (non-hydrogen) atoms. The number of hydrogen-bond acceptors (Lipinski definition) is 3. The van der Waals surface area contributed by atoms with Gasteiger partial charge in [-0.15, -0.1) is 0 Å². The Morgan fingerprint density at radius 2 is 2.06 bits per heavy atom. The molecule has 98 valence electrons. The number of aryl methyl sites for hydroxylation is 1. The van der Waals surface area contributed by atoms with Crippen LogP contribution >= 0.6 is 0 Å². The maximum Gasteiger partial charge on any atom is 0.331 e. The highest BCUT2D eigenvalue weighted by Gasteiger charge is 2.45. The highest BCUT2D eigenvalue weighted by atomic mass is 16.5. The van der Waals surface area contributed by atoms with Gasteiger partial charge in [0.05, 0.1) is 7.11 Å². The van der Waals surface area contributed by atoms with Crippen LogP contribution in [0.25, 0.3) is 0 Å². The van der Waals surface area contributed by atoms with E-state index >= 15 is 0 Å². The Balaban J connectivity index is 2.20. The summed E-state index contributed by atoms with van der Waals surface area (Å²) >= 11 is 0. The average molecular weight is 247 g/mol. The van der Waals surface area contributed by atoms with Crippen molar-refractivity contribution in [2.45, 2.75) is 38.6 Å². The van der Waals surface area contributed by atoms with Gasteiger partial charge in [0.15, 0.2) is 0 Å². The van der Waals surface area contributed by atoms with E-state index in [4.69, 9.17) is 4.74 Å². The third-order valence-corrected chi connectivity index (χ3v) is 3.77. The minimum Gasteiger partial charge on any atom is -0.467 e. The number of ether oxygens (including phenoxy) is 1. The van der Waals surface area contributed by atoms with Gasteiger partial charge in [-0.05, 0) is 44.2 Å². The molecule has 0 radical (unpaired) electrons. The maximum absolute atomic E-state index is 12.1. The lowest BCUT2D eigenvalue weighted by Gasteiger charge is -2.28. The first-order chi connectivity index (χ1) is 8.55. The van der Waals surface area contributed by atoms with Crippen molar-refractivity contribution in [2.24, 2.45) is 5.92 Å². The van der Waals surface area contributed by atoms with Crippen LogP contribution in [-0.4, -0.2) is 18.6 Å². The second-order valence-electron chi connectivity index (χ2n) is 5.41. The molecule has 2 atom stereocenters. The van der Waals surface area contributed by atoms with Crippen LogP contribution in [0.5, 0.6) is 0 Å². The number of esters is 1. The molecule has 1 aromatic carbocycles. The number of carbonyl (C=O) groups excluding carboxylic acids is 1. The Labute approximate surface area is 109 Å². The van der Waals surface area contributed by atoms with Crippen LogP contribution in [-0.2, 0) is 9.53 Å². The van der Waals surface area contributed by atoms with Gasteiger partial charge >= 0.3 is 5.97 Å². The van der Waals surface area contributed by atoms with Crippen LogP contribution in [0.3, 0.4) is 0 Å². The molecule has 1 fully saturated rings. The zero-order valence-electron chi connectivity index (χ0n) is 11.3. The summed E-state index contributed by atoms with van der Waals surface area (Å²) in [7, 11) is 1.46. The second-order valence-corrected chi connectivity index (χ2v) is 5.41. The predicted molar refractivity (Wildman–Crippen MR) is 72.6 cm³/mol. The summed E-state index contributed by atoms with van der Waals surface area (Å²) in [4.78, 5) is 12.1. The van der Waals surface area contributed by atoms with Crippen molar-refractivity contribution in [1.82, 2.24) is 0 Å². The number of methoxy groups -OCH3 is 1. The normalized spacial score (nSPS) is 26.9. The highest BCUT2D eigenvalue weighted by Crippen LogP contribution is 2.37. The molecule has 0 saturated heterocycles. The molecule has 1 aromatic rings. The zero-order valence-corrected chi connectivity index (χ0v) is 11.3. The number of hydrogen-bond donors (Lipinski definition) is 1. The fraction of sp³-hybridized carbons (Fsp3) is 0.533. The predicted octanol–water partition coefficient (Wildman–Crippen LogP) is 3.14. The van der Waals surface area contributed by atoms with Crippen molar-refractivity contribution in [3.8, 4) is 0 Å². The maximum atomic E-state index is 12.1. The zero-order chi connectivity index (χ0) is 13.2. The third kappa shape index (κ3) is 2.50. The summed E-state index contributed by atoms with van der Waals surface area (Å²) in [5.74, 6) is 0.412. The Hall–Kier alpha value is -1.51. The van der Waals surface area contributed by atoms with Crippen molar-refractivity contribution in [3.63, 3.8) is 0 Å². The van der Waals surface area contributed by atoms with E-state index in [0.29, 0.717) is 5.92 Å². The molecular weight excluding hydrogens is 226 g/mol. The topological polar surface area (TPSA) is 38.3 Å². The van der Waals surface area contributed by atoms with Crippen molar-refractivity contribution >= 4 is 11.7 Å². The average Bonchev–Trinajstić information content (AvgIpc) is 2.74. The molecule has 1 saturated carbocycles. The molecule has 1 aliphatic rings. The van der Waals surface area contributed by atoms with Gasteiger partial charge in [-0.25, -0.2) is 4.79 Å². The highest BCUT2D eigenvalue weighted by molar-refractivity contribution is 5.85. The number of anilines is 1. The van der Waals surface area contributed by atoms with Gasteiger partial charge in [0.2, 0.25) is 0 Å². The van der Waals surface area contributed by atoms with Gasteiger partial charge in [0, 0.05) is 5.69 Å². The molecule has 0 spiro atoms. The molecule has 2 unspecified atom stereocenters. The molecule has 1 aliphatic carbocycles. The van der Waals surface area contributed by atoms with E-state index in [-0.39, 0.29) is 5.97 Å². The van der Waals surface area contributed by atoms with Gasteiger partial charge in [-0.2, -0.15) is 0 Å². The molecular formula is C15H21NO2. The van der Waals surface area contributed by atoms with Gasteiger partial charge in [-0.1, -0.05) is 24.6 Å². The SMILES string of the molecule is COC(=O)C1(Nc2ccc(C)cc2)CCC(C)C1. The van der Waals surface area contributed by atoms with E-state index in [2.05, 4.69) is 19.2 Å². The van der Waals surface area contributed by atoms with E-state index < -0.39 is 5.54 Å².